The summed E-state index contributed by atoms with van der Waals surface area (Å²) < 4.78 is 28.5. The minimum atomic E-state index is 0.486. The highest BCUT2D eigenvalue weighted by Crippen LogP contribution is 2.41. The number of rotatable bonds is 20. The quantitative estimate of drug-likeness (QED) is 0.0707. The molecule has 0 saturated heterocycles. The van der Waals surface area contributed by atoms with E-state index in [4.69, 9.17) is 12.2 Å². The Kier molecular flexibility index (Phi) is 15.0. The summed E-state index contributed by atoms with van der Waals surface area (Å²) in [6, 6.07) is 109. The lowest BCUT2D eigenvalue weighted by molar-refractivity contribution is 0.247. The average molecular weight is 1050 g/mol. The first kappa shape index (κ1) is 48.8. The van der Waals surface area contributed by atoms with Gasteiger partial charge in [-0.05, 0) is 192 Å². The van der Waals surface area contributed by atoms with Gasteiger partial charge in [-0.1, -0.05) is 158 Å². The number of hydrogen-bond acceptors (Lipinski definition) is 6. The summed E-state index contributed by atoms with van der Waals surface area (Å²) in [5.41, 5.74) is 17.0. The van der Waals surface area contributed by atoms with Crippen LogP contribution in [0.4, 0.5) is 68.2 Å². The number of para-hydroxylation sites is 6. The van der Waals surface area contributed by atoms with Crippen LogP contribution in [-0.2, 0) is 0 Å². The zero-order chi connectivity index (χ0) is 56.2. The molecule has 12 aromatic rings. The minimum Gasteiger partial charge on any atom is -0.493 e. The van der Waals surface area contributed by atoms with Gasteiger partial charge in [-0.3, -0.25) is 0 Å². The van der Waals surface area contributed by atoms with Gasteiger partial charge in [0.15, 0.2) is 0 Å². The van der Waals surface area contributed by atoms with Crippen LogP contribution in [0.1, 0.15) is 9.16 Å². The maximum atomic E-state index is 8.02. The van der Waals surface area contributed by atoms with E-state index in [1.54, 1.807) is 0 Å². The SMILES string of the molecule is [3H]c1ccc(N(c2ccccc2)c2ccc(-c3ccc(N(c4ccccc4)c4ccc(OCCCOc5ccc(N(c6ccccc6)c6ccc(-c7ccc(N(c8ccccc8)c8ccc([3H])cc8)cc7)cc6)cc5)cc4)cc3)cc2)cc1. The van der Waals surface area contributed by atoms with Gasteiger partial charge in [-0.2, -0.15) is 0 Å². The normalized spacial score (nSPS) is 11.2. The number of ether oxygens (including phenoxy) is 2. The van der Waals surface area contributed by atoms with E-state index in [9.17, 15) is 0 Å². The van der Waals surface area contributed by atoms with Crippen molar-refractivity contribution in [1.82, 2.24) is 0 Å². The summed E-state index contributed by atoms with van der Waals surface area (Å²) in [5, 5.41) is 0. The smallest absolute Gasteiger partial charge is 0.119 e. The fraction of sp³-hybridized carbons (Fsp3) is 0.0400. The van der Waals surface area contributed by atoms with Crippen molar-refractivity contribution in [2.75, 3.05) is 32.8 Å². The van der Waals surface area contributed by atoms with E-state index in [-0.39, 0.29) is 0 Å². The van der Waals surface area contributed by atoms with Crippen LogP contribution in [-0.4, -0.2) is 13.2 Å². The van der Waals surface area contributed by atoms with Gasteiger partial charge in [0.25, 0.3) is 0 Å². The first-order chi connectivity index (χ1) is 41.0. The van der Waals surface area contributed by atoms with Crippen LogP contribution in [0, 0.1) is 0 Å². The molecule has 0 heterocycles. The third-order valence-electron chi connectivity index (χ3n) is 14.2. The van der Waals surface area contributed by atoms with Gasteiger partial charge in [0.05, 0.1) is 16.0 Å². The first-order valence-corrected chi connectivity index (χ1v) is 27.4. The van der Waals surface area contributed by atoms with Crippen molar-refractivity contribution >= 4 is 68.2 Å². The van der Waals surface area contributed by atoms with Crippen LogP contribution in [0.3, 0.4) is 0 Å². The second kappa shape index (κ2) is 24.8. The van der Waals surface area contributed by atoms with Crippen molar-refractivity contribution in [3.8, 4) is 33.8 Å². The van der Waals surface area contributed by atoms with Crippen molar-refractivity contribution in [2.24, 2.45) is 0 Å². The molecule has 6 nitrogen and oxygen atoms in total. The Hall–Kier alpha value is -10.6. The summed E-state index contributed by atoms with van der Waals surface area (Å²) in [7, 11) is 0. The maximum absolute atomic E-state index is 8.02. The standard InChI is InChI=1S/C75H60N4O2/c1-7-20-62(21-8-1)76(63-22-9-2-10-23-63)68-40-32-58(33-41-68)60-36-44-70(45-37-60)78(66-28-15-5-16-29-66)72-48-52-74(53-49-72)80-56-19-57-81-75-54-50-73(51-55-75)79(67-30-17-6-18-31-67)71-46-38-61(39-47-71)59-34-42-69(43-35-59)77(64-24-11-3-12-25-64)65-26-13-4-14-27-65/h1-18,20-55H,19,56-57H2/i1T,3T. The average Bonchev–Trinajstić information content (AvgIpc) is 3.64. The molecule has 0 unspecified atom stereocenters. The van der Waals surface area contributed by atoms with Gasteiger partial charge < -0.3 is 29.1 Å². The second-order valence-corrected chi connectivity index (χ2v) is 19.4. The van der Waals surface area contributed by atoms with Crippen LogP contribution >= 0.6 is 0 Å². The molecule has 0 aliphatic heterocycles. The lowest BCUT2D eigenvalue weighted by atomic mass is 10.0. The fourth-order valence-corrected chi connectivity index (χ4v) is 10.2. The molecule has 0 bridgehead atoms. The van der Waals surface area contributed by atoms with Crippen molar-refractivity contribution in [2.45, 2.75) is 6.42 Å². The van der Waals surface area contributed by atoms with Crippen molar-refractivity contribution in [3.05, 3.63) is 328 Å². The Bertz CT molecular complexity index is 3690. The van der Waals surface area contributed by atoms with E-state index < -0.39 is 0 Å². The molecule has 0 aromatic heterocycles. The Labute approximate surface area is 478 Å². The third kappa shape index (κ3) is 12.1. The van der Waals surface area contributed by atoms with E-state index in [0.29, 0.717) is 25.3 Å². The molecule has 0 radical (unpaired) electrons. The molecule has 0 N–H and O–H groups in total. The molecule has 0 atom stereocenters. The molecule has 392 valence electrons. The van der Waals surface area contributed by atoms with Gasteiger partial charge in [-0.15, -0.1) is 0 Å². The van der Waals surface area contributed by atoms with Gasteiger partial charge in [0.2, 0.25) is 0 Å². The van der Waals surface area contributed by atoms with Crippen molar-refractivity contribution < 1.29 is 12.2 Å². The Morgan fingerprint density at radius 2 is 0.395 bits per heavy atom. The van der Waals surface area contributed by atoms with Gasteiger partial charge in [0, 0.05) is 74.7 Å². The predicted octanol–water partition coefficient (Wildman–Crippen LogP) is 20.7. The number of nitrogens with zero attached hydrogens (tertiary/aromatic N) is 4. The molecule has 0 fully saturated rings. The molecule has 0 spiro atoms. The molecule has 0 amide bonds. The largest absolute Gasteiger partial charge is 0.493 e. The predicted molar refractivity (Wildman–Crippen MR) is 338 cm³/mol. The van der Waals surface area contributed by atoms with Crippen LogP contribution in [0.5, 0.6) is 11.5 Å². The van der Waals surface area contributed by atoms with Gasteiger partial charge in [0.1, 0.15) is 11.5 Å². The second-order valence-electron chi connectivity index (χ2n) is 19.4. The number of benzene rings is 12. The summed E-state index contributed by atoms with van der Waals surface area (Å²) in [6.07, 6.45) is 0.720. The van der Waals surface area contributed by atoms with Crippen LogP contribution in [0.25, 0.3) is 22.3 Å². The zero-order valence-corrected chi connectivity index (χ0v) is 44.7. The highest BCUT2D eigenvalue weighted by atomic mass is 16.5. The van der Waals surface area contributed by atoms with Crippen molar-refractivity contribution in [3.63, 3.8) is 0 Å². The fourth-order valence-electron chi connectivity index (χ4n) is 10.2. The van der Waals surface area contributed by atoms with E-state index in [1.165, 1.54) is 0 Å². The van der Waals surface area contributed by atoms with E-state index >= 15 is 0 Å². The van der Waals surface area contributed by atoms with E-state index in [2.05, 4.69) is 214 Å². The lowest BCUT2D eigenvalue weighted by Crippen LogP contribution is -2.10. The molecule has 6 heteroatoms. The number of anilines is 12. The summed E-state index contributed by atoms with van der Waals surface area (Å²) in [4.78, 5) is 8.94. The molecule has 0 aliphatic carbocycles. The van der Waals surface area contributed by atoms with Gasteiger partial charge in [-0.25, -0.2) is 0 Å². The van der Waals surface area contributed by atoms with Crippen LogP contribution < -0.4 is 29.1 Å². The summed E-state index contributed by atoms with van der Waals surface area (Å²) in [5.74, 6) is 1.60. The highest BCUT2D eigenvalue weighted by molar-refractivity contribution is 5.83. The molecule has 0 saturated carbocycles. The third-order valence-corrected chi connectivity index (χ3v) is 14.2. The van der Waals surface area contributed by atoms with Crippen molar-refractivity contribution in [1.29, 1.82) is 0 Å². The molecular weight excluding hydrogens is 989 g/mol. The summed E-state index contributed by atoms with van der Waals surface area (Å²) >= 11 is 0. The molecule has 12 rings (SSSR count). The monoisotopic (exact) mass is 1050 g/mol. The zero-order valence-electron chi connectivity index (χ0n) is 46.7. The molecule has 81 heavy (non-hydrogen) atoms. The topological polar surface area (TPSA) is 31.4 Å². The Morgan fingerprint density at radius 3 is 0.617 bits per heavy atom. The minimum absolute atomic E-state index is 0.486. The van der Waals surface area contributed by atoms with E-state index in [0.717, 1.165) is 108 Å². The highest BCUT2D eigenvalue weighted by Gasteiger charge is 2.17. The Balaban J connectivity index is 0.665. The molecule has 0 aliphatic rings. The van der Waals surface area contributed by atoms with Gasteiger partial charge >= 0.3 is 0 Å². The first-order valence-electron chi connectivity index (χ1n) is 28.4. The summed E-state index contributed by atoms with van der Waals surface area (Å²) in [6.45, 7) is 1.03. The van der Waals surface area contributed by atoms with E-state index in [1.807, 2.05) is 121 Å². The maximum Gasteiger partial charge on any atom is 0.119 e. The molecular formula is C75H60N4O2. The molecule has 12 aromatic carbocycles. The van der Waals surface area contributed by atoms with Crippen LogP contribution in [0.15, 0.2) is 328 Å². The lowest BCUT2D eigenvalue weighted by Gasteiger charge is -2.26. The van der Waals surface area contributed by atoms with Crippen LogP contribution in [0.2, 0.25) is 0 Å². The Morgan fingerprint density at radius 1 is 0.210 bits per heavy atom. The number of hydrogen-bond donors (Lipinski definition) is 0.